The lowest BCUT2D eigenvalue weighted by atomic mass is 10.00. The maximum Gasteiger partial charge on any atom is 0.122 e. The summed E-state index contributed by atoms with van der Waals surface area (Å²) in [4.78, 5) is 0. The Balaban J connectivity index is 2.19. The van der Waals surface area contributed by atoms with Crippen molar-refractivity contribution in [3.05, 3.63) is 63.1 Å². The fraction of sp³-hybridized carbons (Fsp3) is 0.250. The molecule has 0 fully saturated rings. The number of halogens is 2. The van der Waals surface area contributed by atoms with Crippen molar-refractivity contribution < 1.29 is 9.84 Å². The highest BCUT2D eigenvalue weighted by Gasteiger charge is 2.11. The second kappa shape index (κ2) is 6.49. The standard InChI is InChI=1S/C16H16Cl2O2/c1-10-3-5-12(9-16(10)20-2)15(19)8-11-4-6-13(17)14(18)7-11/h3-7,9,15,19H,8H2,1-2H3. The molecule has 2 rings (SSSR count). The minimum Gasteiger partial charge on any atom is -0.496 e. The first-order chi connectivity index (χ1) is 9.51. The van der Waals surface area contributed by atoms with E-state index in [4.69, 9.17) is 27.9 Å². The number of rotatable bonds is 4. The van der Waals surface area contributed by atoms with Gasteiger partial charge in [0.2, 0.25) is 0 Å². The number of hydrogen-bond donors (Lipinski definition) is 1. The summed E-state index contributed by atoms with van der Waals surface area (Å²) in [5, 5.41) is 11.3. The van der Waals surface area contributed by atoms with Gasteiger partial charge in [0.1, 0.15) is 5.75 Å². The van der Waals surface area contributed by atoms with Crippen LogP contribution in [0, 0.1) is 6.92 Å². The molecule has 0 aromatic heterocycles. The van der Waals surface area contributed by atoms with Crippen LogP contribution in [0.15, 0.2) is 36.4 Å². The highest BCUT2D eigenvalue weighted by molar-refractivity contribution is 6.42. The van der Waals surface area contributed by atoms with Crippen molar-refractivity contribution >= 4 is 23.2 Å². The fourth-order valence-corrected chi connectivity index (χ4v) is 2.37. The average Bonchev–Trinajstić information content (AvgIpc) is 2.43. The summed E-state index contributed by atoms with van der Waals surface area (Å²) in [7, 11) is 1.62. The molecule has 0 aliphatic carbocycles. The van der Waals surface area contributed by atoms with Crippen LogP contribution in [0.2, 0.25) is 10.0 Å². The van der Waals surface area contributed by atoms with Crippen LogP contribution >= 0.6 is 23.2 Å². The van der Waals surface area contributed by atoms with Crippen LogP contribution in [0.3, 0.4) is 0 Å². The van der Waals surface area contributed by atoms with Crippen LogP contribution in [-0.4, -0.2) is 12.2 Å². The Hall–Kier alpha value is -1.22. The zero-order valence-corrected chi connectivity index (χ0v) is 12.9. The molecule has 106 valence electrons. The van der Waals surface area contributed by atoms with Crippen molar-refractivity contribution in [3.8, 4) is 5.75 Å². The Labute approximate surface area is 128 Å². The number of aliphatic hydroxyl groups is 1. The molecule has 4 heteroatoms. The van der Waals surface area contributed by atoms with Crippen LogP contribution in [0.25, 0.3) is 0 Å². The number of ether oxygens (including phenoxy) is 1. The van der Waals surface area contributed by atoms with Crippen LogP contribution in [0.1, 0.15) is 22.8 Å². The van der Waals surface area contributed by atoms with Gasteiger partial charge in [0.05, 0.1) is 23.3 Å². The van der Waals surface area contributed by atoms with E-state index < -0.39 is 6.10 Å². The minimum atomic E-state index is -0.609. The topological polar surface area (TPSA) is 29.5 Å². The Bertz CT molecular complexity index is 611. The third-order valence-corrected chi connectivity index (χ3v) is 3.97. The van der Waals surface area contributed by atoms with Crippen molar-refractivity contribution in [2.75, 3.05) is 7.11 Å². The summed E-state index contributed by atoms with van der Waals surface area (Å²) >= 11 is 11.9. The maximum absolute atomic E-state index is 10.3. The van der Waals surface area contributed by atoms with Crippen LogP contribution < -0.4 is 4.74 Å². The molecule has 0 spiro atoms. The smallest absolute Gasteiger partial charge is 0.122 e. The molecule has 0 radical (unpaired) electrons. The average molecular weight is 311 g/mol. The van der Waals surface area contributed by atoms with Crippen molar-refractivity contribution in [1.82, 2.24) is 0 Å². The van der Waals surface area contributed by atoms with Gasteiger partial charge in [-0.05, 0) is 41.8 Å². The number of hydrogen-bond acceptors (Lipinski definition) is 2. The third-order valence-electron chi connectivity index (χ3n) is 3.23. The van der Waals surface area contributed by atoms with E-state index >= 15 is 0 Å². The third kappa shape index (κ3) is 3.45. The zero-order chi connectivity index (χ0) is 14.7. The molecular weight excluding hydrogens is 295 g/mol. The molecule has 0 amide bonds. The molecule has 0 aliphatic rings. The summed E-state index contributed by atoms with van der Waals surface area (Å²) in [6.45, 7) is 1.97. The van der Waals surface area contributed by atoms with Crippen molar-refractivity contribution in [2.24, 2.45) is 0 Å². The molecule has 1 unspecified atom stereocenters. The quantitative estimate of drug-likeness (QED) is 0.895. The zero-order valence-electron chi connectivity index (χ0n) is 11.4. The van der Waals surface area contributed by atoms with Gasteiger partial charge in [-0.15, -0.1) is 0 Å². The predicted molar refractivity (Wildman–Crippen MR) is 82.9 cm³/mol. The van der Waals surface area contributed by atoms with Gasteiger partial charge in [-0.2, -0.15) is 0 Å². The largest absolute Gasteiger partial charge is 0.496 e. The lowest BCUT2D eigenvalue weighted by molar-refractivity contribution is 0.178. The molecular formula is C16H16Cl2O2. The highest BCUT2D eigenvalue weighted by Crippen LogP contribution is 2.28. The Morgan fingerprint density at radius 2 is 1.85 bits per heavy atom. The Morgan fingerprint density at radius 3 is 2.50 bits per heavy atom. The molecule has 0 aliphatic heterocycles. The SMILES string of the molecule is COc1cc(C(O)Cc2ccc(Cl)c(Cl)c2)ccc1C. The van der Waals surface area contributed by atoms with E-state index in [1.54, 1.807) is 19.2 Å². The first-order valence-corrected chi connectivity index (χ1v) is 7.03. The van der Waals surface area contributed by atoms with Crippen LogP contribution in [0.5, 0.6) is 5.75 Å². The van der Waals surface area contributed by atoms with Gasteiger partial charge in [0.15, 0.2) is 0 Å². The predicted octanol–water partition coefficient (Wildman–Crippen LogP) is 4.59. The summed E-state index contributed by atoms with van der Waals surface area (Å²) in [6, 6.07) is 11.1. The highest BCUT2D eigenvalue weighted by atomic mass is 35.5. The molecule has 1 atom stereocenters. The summed E-state index contributed by atoms with van der Waals surface area (Å²) in [5.74, 6) is 0.774. The molecule has 0 saturated heterocycles. The Kier molecular flexibility index (Phi) is 4.92. The summed E-state index contributed by atoms with van der Waals surface area (Å²) < 4.78 is 5.27. The van der Waals surface area contributed by atoms with E-state index in [0.29, 0.717) is 16.5 Å². The summed E-state index contributed by atoms with van der Waals surface area (Å²) in [5.41, 5.74) is 2.79. The van der Waals surface area contributed by atoms with E-state index in [-0.39, 0.29) is 0 Å². The lowest BCUT2D eigenvalue weighted by Gasteiger charge is -2.14. The Morgan fingerprint density at radius 1 is 1.10 bits per heavy atom. The van der Waals surface area contributed by atoms with Gasteiger partial charge in [-0.1, -0.05) is 41.4 Å². The molecule has 1 N–H and O–H groups in total. The second-order valence-electron chi connectivity index (χ2n) is 4.70. The van der Waals surface area contributed by atoms with E-state index in [0.717, 1.165) is 22.4 Å². The number of aliphatic hydroxyl groups excluding tert-OH is 1. The van der Waals surface area contributed by atoms with Gasteiger partial charge in [0, 0.05) is 6.42 Å². The number of methoxy groups -OCH3 is 1. The molecule has 0 saturated carbocycles. The van der Waals surface area contributed by atoms with E-state index in [9.17, 15) is 5.11 Å². The van der Waals surface area contributed by atoms with Crippen molar-refractivity contribution in [3.63, 3.8) is 0 Å². The van der Waals surface area contributed by atoms with Gasteiger partial charge in [0.25, 0.3) is 0 Å². The summed E-state index contributed by atoms with van der Waals surface area (Å²) in [6.07, 6.45) is -0.134. The molecule has 2 aromatic rings. The minimum absolute atomic E-state index is 0.475. The van der Waals surface area contributed by atoms with Gasteiger partial charge in [-0.3, -0.25) is 0 Å². The van der Waals surface area contributed by atoms with Crippen LogP contribution in [0.4, 0.5) is 0 Å². The monoisotopic (exact) mass is 310 g/mol. The fourth-order valence-electron chi connectivity index (χ4n) is 2.05. The maximum atomic E-state index is 10.3. The van der Waals surface area contributed by atoms with Gasteiger partial charge < -0.3 is 9.84 Å². The van der Waals surface area contributed by atoms with E-state index in [1.807, 2.05) is 31.2 Å². The van der Waals surface area contributed by atoms with Crippen LogP contribution in [-0.2, 0) is 6.42 Å². The molecule has 0 heterocycles. The molecule has 20 heavy (non-hydrogen) atoms. The number of benzene rings is 2. The second-order valence-corrected chi connectivity index (χ2v) is 5.51. The van der Waals surface area contributed by atoms with Gasteiger partial charge in [-0.25, -0.2) is 0 Å². The van der Waals surface area contributed by atoms with Crippen molar-refractivity contribution in [1.29, 1.82) is 0 Å². The number of aryl methyl sites for hydroxylation is 1. The normalized spacial score (nSPS) is 12.2. The molecule has 2 aromatic carbocycles. The first kappa shape index (κ1) is 15.2. The van der Waals surface area contributed by atoms with E-state index in [1.165, 1.54) is 0 Å². The van der Waals surface area contributed by atoms with Crippen molar-refractivity contribution in [2.45, 2.75) is 19.4 Å². The lowest BCUT2D eigenvalue weighted by Crippen LogP contribution is -2.02. The molecule has 0 bridgehead atoms. The van der Waals surface area contributed by atoms with Gasteiger partial charge >= 0.3 is 0 Å². The van der Waals surface area contributed by atoms with E-state index in [2.05, 4.69) is 0 Å². The first-order valence-electron chi connectivity index (χ1n) is 6.28. The molecule has 2 nitrogen and oxygen atoms in total.